The van der Waals surface area contributed by atoms with Gasteiger partial charge in [-0.3, -0.25) is 33.6 Å². The molecule has 0 saturated heterocycles. The minimum Gasteiger partial charge on any atom is -0.503 e. The van der Waals surface area contributed by atoms with Crippen molar-refractivity contribution in [1.82, 2.24) is 33.7 Å². The van der Waals surface area contributed by atoms with E-state index in [1.54, 1.807) is 40.1 Å². The lowest BCUT2D eigenvalue weighted by Crippen LogP contribution is -2.49. The molecule has 76 heavy (non-hydrogen) atoms. The number of aromatic nitrogens is 3. The first-order valence-corrected chi connectivity index (χ1v) is 24.8. The van der Waals surface area contributed by atoms with Gasteiger partial charge in [0.05, 0.1) is 57.6 Å². The molecule has 4 aromatic rings. The van der Waals surface area contributed by atoms with Crippen LogP contribution >= 0.6 is 0 Å². The highest BCUT2D eigenvalue weighted by molar-refractivity contribution is 6.00. The average molecular weight is 1060 g/mol. The summed E-state index contributed by atoms with van der Waals surface area (Å²) >= 11 is 0. The van der Waals surface area contributed by atoms with Crippen LogP contribution in [0.4, 0.5) is 13.2 Å². The Bertz CT molecular complexity index is 3440. The summed E-state index contributed by atoms with van der Waals surface area (Å²) in [6.45, 7) is -0.628. The monoisotopic (exact) mass is 1060 g/mol. The molecule has 1 aromatic carbocycles. The number of nitrogens with one attached hydrogen (secondary N) is 1. The van der Waals surface area contributed by atoms with Gasteiger partial charge in [0.1, 0.15) is 34.1 Å². The number of aromatic hydroxyl groups is 1. The van der Waals surface area contributed by atoms with Gasteiger partial charge < -0.3 is 58.1 Å². The predicted molar refractivity (Wildman–Crippen MR) is 256 cm³/mol. The second-order valence-corrected chi connectivity index (χ2v) is 21.2. The molecule has 4 amide bonds. The zero-order chi connectivity index (χ0) is 54.4. The number of carbonyl (C=O) groups is 6. The Hall–Kier alpha value is -7.92. The molecule has 6 heterocycles. The molecule has 0 radical (unpaired) electrons. The van der Waals surface area contributed by atoms with Gasteiger partial charge in [-0.2, -0.15) is 0 Å². The Morgan fingerprint density at radius 1 is 0.592 bits per heavy atom. The number of carboxylic acid groups (broad SMARTS) is 1. The molecule has 0 unspecified atom stereocenters. The highest BCUT2D eigenvalue weighted by atomic mass is 19.1. The van der Waals surface area contributed by atoms with Crippen LogP contribution in [-0.2, 0) is 11.3 Å². The van der Waals surface area contributed by atoms with Crippen LogP contribution in [0.15, 0.2) is 45.1 Å². The smallest absolute Gasteiger partial charge is 0.343 e. The van der Waals surface area contributed by atoms with E-state index in [2.05, 4.69) is 5.32 Å². The molecule has 24 heteroatoms. The molecule has 6 saturated carbocycles. The number of ether oxygens (including phenoxy) is 3. The number of pyridine rings is 3. The van der Waals surface area contributed by atoms with Gasteiger partial charge in [-0.05, 0) is 74.0 Å². The van der Waals surface area contributed by atoms with Crippen molar-refractivity contribution in [3.63, 3.8) is 0 Å². The number of hydrogen-bond acceptors (Lipinski definition) is 13. The number of rotatable bonds is 7. The largest absolute Gasteiger partial charge is 0.503 e. The Kier molecular flexibility index (Phi) is 11.8. The predicted octanol–water partition coefficient (Wildman–Crippen LogP) is 3.21. The topological polar surface area (TPSA) is 258 Å². The lowest BCUT2D eigenvalue weighted by atomic mass is 9.99. The van der Waals surface area contributed by atoms with Gasteiger partial charge in [0.2, 0.25) is 16.3 Å². The number of carbonyl (C=O) groups excluding carboxylic acids is 5. The highest BCUT2D eigenvalue weighted by Crippen LogP contribution is 2.62. The fourth-order valence-electron chi connectivity index (χ4n) is 13.5. The van der Waals surface area contributed by atoms with Crippen molar-refractivity contribution >= 4 is 35.6 Å². The first-order chi connectivity index (χ1) is 36.1. The molecule has 3 aromatic heterocycles. The number of nitrogens with zero attached hydrogens (tertiary/aromatic N) is 6. The van der Waals surface area contributed by atoms with Crippen LogP contribution in [0.2, 0.25) is 0 Å². The molecule has 9 aliphatic rings. The van der Waals surface area contributed by atoms with Crippen LogP contribution < -0.4 is 31.1 Å². The number of fused-ring (bicyclic) bond motifs is 15. The Balaban J connectivity index is 0.000000124. The maximum Gasteiger partial charge on any atom is 0.343 e. The van der Waals surface area contributed by atoms with E-state index in [0.717, 1.165) is 38.5 Å². The molecule has 0 spiro atoms. The molecule has 3 aliphatic heterocycles. The SMILES string of the molecule is CN1C(=O)c2c(O)c(=O)c(C(=O)NCc3c(F)cc(F)cc3F)cn2[C@H]2[C@@H]3C[C@@H]3C[C@H]21.COC(=O)c1cn2c(c(OC)c1=O)C(=O)N(C)[C@@H]1C[C@H]3C[C@H]3[C@@H]12.COc1c2n(cc(C(=O)O)c1=O)[C@H]1[C@@H]3C[C@@H]3C[C@H]1N(C)C2=O. The molecular formula is C52H52F3N7O14. The molecular weight excluding hydrogens is 1000 g/mol. The normalized spacial score (nSPS) is 28.8. The highest BCUT2D eigenvalue weighted by Gasteiger charge is 2.61. The van der Waals surface area contributed by atoms with E-state index in [1.807, 2.05) is 0 Å². The van der Waals surface area contributed by atoms with Gasteiger partial charge in [-0.1, -0.05) is 0 Å². The van der Waals surface area contributed by atoms with E-state index in [1.165, 1.54) is 49.4 Å². The fraction of sp³-hybridized carbons (Fsp3) is 0.481. The maximum absolute atomic E-state index is 13.8. The summed E-state index contributed by atoms with van der Waals surface area (Å²) in [5.74, 6) is -5.61. The van der Waals surface area contributed by atoms with Gasteiger partial charge >= 0.3 is 11.9 Å². The van der Waals surface area contributed by atoms with Crippen molar-refractivity contribution in [2.24, 2.45) is 35.5 Å². The van der Waals surface area contributed by atoms with Crippen LogP contribution in [0.1, 0.15) is 125 Å². The quantitative estimate of drug-likeness (QED) is 0.225. The van der Waals surface area contributed by atoms with Crippen molar-refractivity contribution in [3.8, 4) is 17.2 Å². The van der Waals surface area contributed by atoms with Crippen LogP contribution in [0, 0.1) is 53.0 Å². The van der Waals surface area contributed by atoms with Crippen molar-refractivity contribution in [2.75, 3.05) is 42.5 Å². The van der Waals surface area contributed by atoms with Gasteiger partial charge in [0.15, 0.2) is 34.3 Å². The Morgan fingerprint density at radius 2 is 0.987 bits per heavy atom. The summed E-state index contributed by atoms with van der Waals surface area (Å²) in [5.41, 5.74) is -3.58. The molecule has 3 N–H and O–H groups in total. The second kappa shape index (κ2) is 17.9. The summed E-state index contributed by atoms with van der Waals surface area (Å²) in [7, 11) is 9.00. The molecule has 0 bridgehead atoms. The minimum absolute atomic E-state index is 0.0373. The van der Waals surface area contributed by atoms with Crippen LogP contribution in [0.3, 0.4) is 0 Å². The van der Waals surface area contributed by atoms with Gasteiger partial charge in [-0.15, -0.1) is 0 Å². The number of halogens is 3. The van der Waals surface area contributed by atoms with Crippen molar-refractivity contribution in [2.45, 2.75) is 81.3 Å². The van der Waals surface area contributed by atoms with Gasteiger partial charge in [-0.25, -0.2) is 22.8 Å². The Morgan fingerprint density at radius 3 is 1.41 bits per heavy atom. The molecule has 6 fully saturated rings. The number of hydrogen-bond donors (Lipinski definition) is 3. The number of aromatic carboxylic acids is 1. The molecule has 12 atom stereocenters. The first kappa shape index (κ1) is 50.2. The minimum atomic E-state index is -1.30. The van der Waals surface area contributed by atoms with Gasteiger partial charge in [0, 0.05) is 64.0 Å². The van der Waals surface area contributed by atoms with Crippen molar-refractivity contribution in [1.29, 1.82) is 0 Å². The van der Waals surface area contributed by atoms with E-state index in [-0.39, 0.29) is 87.8 Å². The van der Waals surface area contributed by atoms with Crippen molar-refractivity contribution < 1.29 is 66.4 Å². The summed E-state index contributed by atoms with van der Waals surface area (Å²) in [5, 5.41) is 22.0. The fourth-order valence-corrected chi connectivity index (χ4v) is 13.5. The zero-order valence-electron chi connectivity index (χ0n) is 41.9. The Labute approximate surface area is 429 Å². The van der Waals surface area contributed by atoms with Crippen LogP contribution in [-0.4, -0.2) is 135 Å². The lowest BCUT2D eigenvalue weighted by molar-refractivity contribution is 0.0563. The number of likely N-dealkylation sites (N-methyl/N-ethyl adjacent to an activating group) is 3. The van der Waals surface area contributed by atoms with E-state index >= 15 is 0 Å². The number of amides is 4. The maximum atomic E-state index is 13.8. The number of carboxylic acids is 1. The van der Waals surface area contributed by atoms with Crippen LogP contribution in [0.25, 0.3) is 0 Å². The molecule has 21 nitrogen and oxygen atoms in total. The number of benzene rings is 1. The van der Waals surface area contributed by atoms with E-state index in [0.29, 0.717) is 47.6 Å². The number of esters is 1. The molecule has 13 rings (SSSR count). The second-order valence-electron chi connectivity index (χ2n) is 21.2. The lowest BCUT2D eigenvalue weighted by Gasteiger charge is -2.40. The van der Waals surface area contributed by atoms with Gasteiger partial charge in [0.25, 0.3) is 23.6 Å². The summed E-state index contributed by atoms with van der Waals surface area (Å²) < 4.78 is 60.7. The van der Waals surface area contributed by atoms with E-state index in [4.69, 9.17) is 14.2 Å². The third-order valence-electron chi connectivity index (χ3n) is 17.5. The summed E-state index contributed by atoms with van der Waals surface area (Å²) in [6, 6.07) is 1.02. The number of methoxy groups -OCH3 is 3. The summed E-state index contributed by atoms with van der Waals surface area (Å²) in [6.07, 6.45) is 9.97. The van der Waals surface area contributed by atoms with Crippen LogP contribution in [0.5, 0.6) is 17.2 Å². The van der Waals surface area contributed by atoms with E-state index < -0.39 is 80.9 Å². The summed E-state index contributed by atoms with van der Waals surface area (Å²) in [4.78, 5) is 116. The average Bonchev–Trinajstić information content (AvgIpc) is 4.44. The molecule has 6 aliphatic carbocycles. The van der Waals surface area contributed by atoms with E-state index in [9.17, 15) is 66.5 Å². The third-order valence-corrected chi connectivity index (χ3v) is 17.5. The standard InChI is InChI=1S/C21H18F3N3O4.C16H18N2O5.C15H16N2O5/c1-26-15-3-8-2-10(8)16(15)27-7-12(18(28)19(29)17(27)21(26)31)20(30)25-6-11-13(23)4-9(22)5-14(11)24;1-17-10-5-7-4-8(7)11(10)18-6-9(16(21)23-3)13(19)14(22-2)12(18)15(17)20;1-16-9-4-6-3-7(6)10(9)17-5-8(15(20)21)12(18)13(22-2)11(17)14(16)19/h4-5,7-8,10,15-16,29H,2-3,6H2,1H3,(H,25,30);6-8,10-11H,4-5H2,1-3H3;5-7,9-10H,3-4H2,1-2H3,(H,20,21)/t8-,10-,15-,16+;7-,8-,10-,11+;6-,7-,9-,10+/m111/s1. The molecule has 400 valence electrons. The zero-order valence-corrected chi connectivity index (χ0v) is 41.9. The first-order valence-electron chi connectivity index (χ1n) is 24.8. The third kappa shape index (κ3) is 7.51. The van der Waals surface area contributed by atoms with Crippen molar-refractivity contribution in [3.05, 3.63) is 118 Å².